The fourth-order valence-electron chi connectivity index (χ4n) is 2.94. The van der Waals surface area contributed by atoms with Crippen LogP contribution in [0, 0.1) is 0 Å². The topological polar surface area (TPSA) is 57.4 Å². The standard InChI is InChI=1S/C20H14N4.CH4.Ni/c1-2-14-10-16-5-6-18(23-16)12-20-8-7-19(24-20)11-17-4-3-15(22-17)9-13(1)21-14;;/h1-12,21-22H;1H4;. The van der Waals surface area contributed by atoms with E-state index in [9.17, 15) is 0 Å². The van der Waals surface area contributed by atoms with Gasteiger partial charge in [-0.05, 0) is 72.8 Å². The van der Waals surface area contributed by atoms with Gasteiger partial charge in [-0.1, -0.05) is 7.43 Å². The van der Waals surface area contributed by atoms with Gasteiger partial charge in [-0.2, -0.15) is 0 Å². The van der Waals surface area contributed by atoms with Gasteiger partial charge in [0.1, 0.15) is 0 Å². The molecule has 0 atom stereocenters. The summed E-state index contributed by atoms with van der Waals surface area (Å²) in [4.78, 5) is 16.0. The molecule has 0 spiro atoms. The summed E-state index contributed by atoms with van der Waals surface area (Å²) in [6.07, 6.45) is 8.05. The monoisotopic (exact) mass is 384 g/mol. The van der Waals surface area contributed by atoms with Crippen molar-refractivity contribution in [2.75, 3.05) is 0 Å². The molecule has 5 heteroatoms. The third-order valence-electron chi connectivity index (χ3n) is 4.04. The van der Waals surface area contributed by atoms with Gasteiger partial charge in [-0.3, -0.25) is 0 Å². The van der Waals surface area contributed by atoms with E-state index < -0.39 is 0 Å². The quantitative estimate of drug-likeness (QED) is 0.356. The molecule has 2 N–H and O–H groups in total. The van der Waals surface area contributed by atoms with Crippen LogP contribution in [-0.4, -0.2) is 19.9 Å². The van der Waals surface area contributed by atoms with Crippen molar-refractivity contribution in [1.29, 1.82) is 0 Å². The molecule has 2 aliphatic rings. The van der Waals surface area contributed by atoms with E-state index in [0.717, 1.165) is 44.8 Å². The first-order valence-corrected chi connectivity index (χ1v) is 7.85. The number of aromatic amines is 2. The zero-order valence-electron chi connectivity index (χ0n) is 13.1. The van der Waals surface area contributed by atoms with Crippen LogP contribution in [0.1, 0.15) is 30.2 Å². The van der Waals surface area contributed by atoms with Crippen LogP contribution in [-0.2, 0) is 16.5 Å². The van der Waals surface area contributed by atoms with Gasteiger partial charge in [-0.15, -0.1) is 0 Å². The van der Waals surface area contributed by atoms with Crippen molar-refractivity contribution in [3.8, 4) is 0 Å². The minimum absolute atomic E-state index is 0. The molecule has 0 unspecified atom stereocenters. The SMILES string of the molecule is C.C1=Cc2cc3ccc(cc4ccc(cc5nc(cc1n2)C=C5)[nH]4)[nH]3.[Ni]. The number of rotatable bonds is 0. The van der Waals surface area contributed by atoms with Crippen molar-refractivity contribution in [2.45, 2.75) is 7.43 Å². The molecule has 26 heavy (non-hydrogen) atoms. The molecule has 5 heterocycles. The first kappa shape index (κ1) is 17.9. The van der Waals surface area contributed by atoms with Crippen molar-refractivity contribution >= 4 is 46.4 Å². The smallest absolute Gasteiger partial charge is 0.0659 e. The summed E-state index contributed by atoms with van der Waals surface area (Å²) in [5, 5.41) is 0. The second-order valence-corrected chi connectivity index (χ2v) is 5.91. The zero-order chi connectivity index (χ0) is 15.9. The molecule has 0 aromatic carbocycles. The van der Waals surface area contributed by atoms with Crippen molar-refractivity contribution in [3.05, 3.63) is 71.3 Å². The van der Waals surface area contributed by atoms with E-state index in [-0.39, 0.29) is 23.9 Å². The van der Waals surface area contributed by atoms with Gasteiger partial charge in [-0.25, -0.2) is 9.97 Å². The molecule has 0 radical (unpaired) electrons. The number of H-pyrrole nitrogens is 2. The van der Waals surface area contributed by atoms with Crippen molar-refractivity contribution in [3.63, 3.8) is 0 Å². The Kier molecular flexibility index (Phi) is 4.92. The van der Waals surface area contributed by atoms with Crippen LogP contribution in [0.2, 0.25) is 0 Å². The van der Waals surface area contributed by atoms with E-state index in [1.807, 2.05) is 42.5 Å². The summed E-state index contributed by atoms with van der Waals surface area (Å²) in [6.45, 7) is 0. The summed E-state index contributed by atoms with van der Waals surface area (Å²) in [5.41, 5.74) is 7.86. The normalized spacial score (nSPS) is 11.7. The Balaban J connectivity index is 0.000000980. The Morgan fingerprint density at radius 1 is 0.500 bits per heavy atom. The van der Waals surface area contributed by atoms with Gasteiger partial charge < -0.3 is 9.97 Å². The number of nitrogens with zero attached hydrogens (tertiary/aromatic N) is 2. The Labute approximate surface area is 161 Å². The third kappa shape index (κ3) is 3.53. The predicted octanol–water partition coefficient (Wildman–Crippen LogP) is 5.29. The summed E-state index contributed by atoms with van der Waals surface area (Å²) in [7, 11) is 0. The van der Waals surface area contributed by atoms with Crippen LogP contribution < -0.4 is 0 Å². The van der Waals surface area contributed by atoms with Gasteiger partial charge >= 0.3 is 0 Å². The first-order chi connectivity index (χ1) is 11.8. The molecule has 0 fully saturated rings. The minimum atomic E-state index is 0. The molecule has 8 bridgehead atoms. The van der Waals surface area contributed by atoms with E-state index in [4.69, 9.17) is 0 Å². The summed E-state index contributed by atoms with van der Waals surface area (Å²) >= 11 is 0. The van der Waals surface area contributed by atoms with Crippen LogP contribution >= 0.6 is 0 Å². The number of nitrogens with one attached hydrogen (secondary N) is 2. The predicted molar refractivity (Wildman–Crippen MR) is 106 cm³/mol. The number of hydrogen-bond acceptors (Lipinski definition) is 2. The molecule has 132 valence electrons. The maximum Gasteiger partial charge on any atom is 0.0659 e. The molecule has 3 aromatic heterocycles. The Morgan fingerprint density at radius 3 is 1.27 bits per heavy atom. The van der Waals surface area contributed by atoms with Crippen LogP contribution in [0.4, 0.5) is 0 Å². The zero-order valence-corrected chi connectivity index (χ0v) is 14.1. The molecule has 0 saturated heterocycles. The Hall–Kier alpha value is -2.91. The van der Waals surface area contributed by atoms with E-state index in [0.29, 0.717) is 0 Å². The van der Waals surface area contributed by atoms with Crippen molar-refractivity contribution in [2.24, 2.45) is 0 Å². The van der Waals surface area contributed by atoms with Crippen molar-refractivity contribution < 1.29 is 16.5 Å². The Bertz CT molecular complexity index is 1080. The van der Waals surface area contributed by atoms with Crippen LogP contribution in [0.3, 0.4) is 0 Å². The van der Waals surface area contributed by atoms with E-state index in [1.165, 1.54) is 0 Å². The molecule has 0 saturated carbocycles. The van der Waals surface area contributed by atoms with Crippen LogP contribution in [0.25, 0.3) is 46.4 Å². The summed E-state index contributed by atoms with van der Waals surface area (Å²) in [6, 6.07) is 16.4. The molecule has 4 nitrogen and oxygen atoms in total. The van der Waals surface area contributed by atoms with E-state index in [2.05, 4.69) is 50.3 Å². The minimum Gasteiger partial charge on any atom is -0.355 e. The number of hydrogen-bond donors (Lipinski definition) is 2. The molecular weight excluding hydrogens is 367 g/mol. The van der Waals surface area contributed by atoms with E-state index >= 15 is 0 Å². The fraction of sp³-hybridized carbons (Fsp3) is 0.0476. The third-order valence-corrected chi connectivity index (χ3v) is 4.04. The van der Waals surface area contributed by atoms with E-state index in [1.54, 1.807) is 0 Å². The maximum absolute atomic E-state index is 4.62. The summed E-state index contributed by atoms with van der Waals surface area (Å²) < 4.78 is 0. The van der Waals surface area contributed by atoms with Gasteiger partial charge in [0.15, 0.2) is 0 Å². The number of fused-ring (bicyclic) bond motifs is 8. The van der Waals surface area contributed by atoms with Crippen molar-refractivity contribution in [1.82, 2.24) is 19.9 Å². The molecule has 3 aromatic rings. The molecule has 5 rings (SSSR count). The molecule has 0 amide bonds. The summed E-state index contributed by atoms with van der Waals surface area (Å²) in [5.74, 6) is 0. The maximum atomic E-state index is 4.62. The van der Waals surface area contributed by atoms with Gasteiger partial charge in [0.25, 0.3) is 0 Å². The molecular formula is C21H18N4Ni. The van der Waals surface area contributed by atoms with Gasteiger partial charge in [0.2, 0.25) is 0 Å². The first-order valence-electron chi connectivity index (χ1n) is 7.85. The number of aromatic nitrogens is 4. The van der Waals surface area contributed by atoms with Gasteiger partial charge in [0, 0.05) is 38.6 Å². The Morgan fingerprint density at radius 2 is 0.846 bits per heavy atom. The molecule has 0 aliphatic carbocycles. The average Bonchev–Trinajstić information content (AvgIpc) is 3.32. The second kappa shape index (κ2) is 7.14. The van der Waals surface area contributed by atoms with Crippen LogP contribution in [0.5, 0.6) is 0 Å². The molecule has 2 aliphatic heterocycles. The largest absolute Gasteiger partial charge is 0.355 e. The average molecular weight is 385 g/mol. The fourth-order valence-corrected chi connectivity index (χ4v) is 2.94. The second-order valence-electron chi connectivity index (χ2n) is 5.91. The van der Waals surface area contributed by atoms with Gasteiger partial charge in [0.05, 0.1) is 22.8 Å². The van der Waals surface area contributed by atoms with Crippen LogP contribution in [0.15, 0.2) is 48.5 Å².